The van der Waals surface area contributed by atoms with Crippen molar-refractivity contribution in [3.05, 3.63) is 58.7 Å². The van der Waals surface area contributed by atoms with Gasteiger partial charge in [0.1, 0.15) is 5.82 Å². The largest absolute Gasteiger partial charge is 0.338 e. The average molecular weight is 314 g/mol. The molecule has 0 saturated heterocycles. The first kappa shape index (κ1) is 12.6. The van der Waals surface area contributed by atoms with Crippen molar-refractivity contribution in [3.8, 4) is 11.4 Å². The Kier molecular flexibility index (Phi) is 2.84. The molecule has 0 atom stereocenters. The van der Waals surface area contributed by atoms with Gasteiger partial charge in [0, 0.05) is 17.1 Å². The lowest BCUT2D eigenvalue weighted by Gasteiger charge is -2.02. The Morgan fingerprint density at radius 2 is 1.76 bits per heavy atom. The molecule has 2 heterocycles. The number of hydrogen-bond donors (Lipinski definition) is 1. The molecule has 21 heavy (non-hydrogen) atoms. The van der Waals surface area contributed by atoms with Gasteiger partial charge in [-0.1, -0.05) is 41.4 Å². The highest BCUT2D eigenvalue weighted by molar-refractivity contribution is 6.42. The van der Waals surface area contributed by atoms with E-state index in [9.17, 15) is 0 Å². The summed E-state index contributed by atoms with van der Waals surface area (Å²) in [6.45, 7) is 0. The average Bonchev–Trinajstić information content (AvgIpc) is 2.90. The van der Waals surface area contributed by atoms with Crippen LogP contribution in [0.1, 0.15) is 0 Å². The number of hydrogen-bond acceptors (Lipinski definition) is 2. The molecule has 0 aliphatic carbocycles. The van der Waals surface area contributed by atoms with Crippen molar-refractivity contribution in [2.75, 3.05) is 0 Å². The van der Waals surface area contributed by atoms with Crippen LogP contribution >= 0.6 is 23.2 Å². The highest BCUT2D eigenvalue weighted by atomic mass is 35.5. The molecule has 0 fully saturated rings. The zero-order valence-corrected chi connectivity index (χ0v) is 12.3. The quantitative estimate of drug-likeness (QED) is 0.532. The van der Waals surface area contributed by atoms with E-state index in [2.05, 4.69) is 15.0 Å². The lowest BCUT2D eigenvalue weighted by atomic mass is 10.1. The minimum absolute atomic E-state index is 0.502. The minimum atomic E-state index is 0.502. The molecule has 5 heteroatoms. The molecule has 1 N–H and O–H groups in total. The third-order valence-corrected chi connectivity index (χ3v) is 4.15. The number of rotatable bonds is 1. The standard InChI is InChI=1S/C16H9Cl2N3/c17-11-7-14-15(8-12(11)18)21-16(20-14)10-3-1-5-13-9(10)4-2-6-19-13/h1-8H,(H,20,21). The van der Waals surface area contributed by atoms with Crippen LogP contribution in [0.5, 0.6) is 0 Å². The Hall–Kier alpha value is -2.10. The fourth-order valence-corrected chi connectivity index (χ4v) is 2.76. The Labute approximate surface area is 130 Å². The van der Waals surface area contributed by atoms with Crippen molar-refractivity contribution in [1.82, 2.24) is 15.0 Å². The summed E-state index contributed by atoms with van der Waals surface area (Å²) >= 11 is 12.1. The Morgan fingerprint density at radius 1 is 0.905 bits per heavy atom. The maximum atomic E-state index is 6.05. The van der Waals surface area contributed by atoms with Gasteiger partial charge in [-0.25, -0.2) is 4.98 Å². The molecular weight excluding hydrogens is 305 g/mol. The summed E-state index contributed by atoms with van der Waals surface area (Å²) in [5, 5.41) is 2.07. The van der Waals surface area contributed by atoms with Gasteiger partial charge < -0.3 is 4.98 Å². The molecule has 0 radical (unpaired) electrons. The number of fused-ring (bicyclic) bond motifs is 2. The predicted octanol–water partition coefficient (Wildman–Crippen LogP) is 5.08. The van der Waals surface area contributed by atoms with E-state index in [1.165, 1.54) is 0 Å². The van der Waals surface area contributed by atoms with Gasteiger partial charge in [-0.05, 0) is 24.3 Å². The molecule has 0 amide bonds. The smallest absolute Gasteiger partial charge is 0.139 e. The molecule has 0 unspecified atom stereocenters. The fourth-order valence-electron chi connectivity index (χ4n) is 2.44. The number of imidazole rings is 1. The highest BCUT2D eigenvalue weighted by Crippen LogP contribution is 2.31. The van der Waals surface area contributed by atoms with E-state index >= 15 is 0 Å². The van der Waals surface area contributed by atoms with E-state index in [0.29, 0.717) is 10.0 Å². The zero-order chi connectivity index (χ0) is 14.4. The molecule has 3 nitrogen and oxygen atoms in total. The molecule has 102 valence electrons. The molecule has 0 bridgehead atoms. The van der Waals surface area contributed by atoms with Crippen LogP contribution in [0, 0.1) is 0 Å². The van der Waals surface area contributed by atoms with Crippen LogP contribution in [0.2, 0.25) is 10.0 Å². The SMILES string of the molecule is Clc1cc2nc(-c3cccc4ncccc34)[nH]c2cc1Cl. The van der Waals surface area contributed by atoms with E-state index < -0.39 is 0 Å². The van der Waals surface area contributed by atoms with Crippen LogP contribution in [-0.2, 0) is 0 Å². The van der Waals surface area contributed by atoms with Crippen LogP contribution < -0.4 is 0 Å². The molecule has 4 rings (SSSR count). The second kappa shape index (κ2) is 4.72. The summed E-state index contributed by atoms with van der Waals surface area (Å²) in [4.78, 5) is 12.3. The van der Waals surface area contributed by atoms with Crippen LogP contribution in [0.15, 0.2) is 48.7 Å². The number of nitrogens with one attached hydrogen (secondary N) is 1. The van der Waals surface area contributed by atoms with E-state index in [1.807, 2.05) is 30.3 Å². The maximum Gasteiger partial charge on any atom is 0.139 e. The lowest BCUT2D eigenvalue weighted by Crippen LogP contribution is -1.84. The van der Waals surface area contributed by atoms with Crippen molar-refractivity contribution >= 4 is 45.1 Å². The molecule has 0 spiro atoms. The van der Waals surface area contributed by atoms with Gasteiger partial charge in [-0.2, -0.15) is 0 Å². The Balaban J connectivity index is 2.00. The van der Waals surface area contributed by atoms with E-state index in [0.717, 1.165) is 33.3 Å². The number of halogens is 2. The summed E-state index contributed by atoms with van der Waals surface area (Å²) in [6, 6.07) is 13.5. The fraction of sp³-hybridized carbons (Fsp3) is 0. The van der Waals surface area contributed by atoms with Crippen LogP contribution in [0.25, 0.3) is 33.3 Å². The summed E-state index contributed by atoms with van der Waals surface area (Å²) in [6.07, 6.45) is 1.78. The predicted molar refractivity (Wildman–Crippen MR) is 86.9 cm³/mol. The molecule has 0 aliphatic heterocycles. The van der Waals surface area contributed by atoms with Gasteiger partial charge >= 0.3 is 0 Å². The van der Waals surface area contributed by atoms with Gasteiger partial charge in [0.2, 0.25) is 0 Å². The number of benzene rings is 2. The van der Waals surface area contributed by atoms with E-state index in [1.54, 1.807) is 18.3 Å². The van der Waals surface area contributed by atoms with Crippen molar-refractivity contribution in [1.29, 1.82) is 0 Å². The molecular formula is C16H9Cl2N3. The summed E-state index contributed by atoms with van der Waals surface area (Å²) in [7, 11) is 0. The summed E-state index contributed by atoms with van der Waals surface area (Å²) in [5.41, 5.74) is 3.59. The minimum Gasteiger partial charge on any atom is -0.338 e. The monoisotopic (exact) mass is 313 g/mol. The number of nitrogens with zero attached hydrogens (tertiary/aromatic N) is 2. The second-order valence-electron chi connectivity index (χ2n) is 4.74. The third kappa shape index (κ3) is 2.06. The van der Waals surface area contributed by atoms with Gasteiger partial charge in [-0.3, -0.25) is 4.98 Å². The van der Waals surface area contributed by atoms with Gasteiger partial charge in [0.05, 0.1) is 26.6 Å². The van der Waals surface area contributed by atoms with E-state index in [4.69, 9.17) is 23.2 Å². The lowest BCUT2D eigenvalue weighted by molar-refractivity contribution is 1.34. The van der Waals surface area contributed by atoms with Crippen molar-refractivity contribution in [3.63, 3.8) is 0 Å². The van der Waals surface area contributed by atoms with Gasteiger partial charge in [-0.15, -0.1) is 0 Å². The van der Waals surface area contributed by atoms with Gasteiger partial charge in [0.25, 0.3) is 0 Å². The molecule has 4 aromatic rings. The first-order valence-electron chi connectivity index (χ1n) is 6.41. The van der Waals surface area contributed by atoms with Crippen molar-refractivity contribution in [2.24, 2.45) is 0 Å². The second-order valence-corrected chi connectivity index (χ2v) is 5.56. The van der Waals surface area contributed by atoms with Crippen molar-refractivity contribution in [2.45, 2.75) is 0 Å². The first-order valence-corrected chi connectivity index (χ1v) is 7.17. The Bertz CT molecular complexity index is 932. The number of pyridine rings is 1. The first-order chi connectivity index (χ1) is 10.2. The maximum absolute atomic E-state index is 6.05. The van der Waals surface area contributed by atoms with Crippen LogP contribution in [0.3, 0.4) is 0 Å². The van der Waals surface area contributed by atoms with E-state index in [-0.39, 0.29) is 0 Å². The molecule has 2 aromatic heterocycles. The van der Waals surface area contributed by atoms with Gasteiger partial charge in [0.15, 0.2) is 0 Å². The molecule has 2 aromatic carbocycles. The molecule has 0 saturated carbocycles. The normalized spacial score (nSPS) is 11.3. The summed E-state index contributed by atoms with van der Waals surface area (Å²) < 4.78 is 0. The van der Waals surface area contributed by atoms with Crippen molar-refractivity contribution < 1.29 is 0 Å². The topological polar surface area (TPSA) is 41.6 Å². The molecule has 0 aliphatic rings. The Morgan fingerprint density at radius 3 is 2.67 bits per heavy atom. The third-order valence-electron chi connectivity index (χ3n) is 3.42. The summed E-state index contributed by atoms with van der Waals surface area (Å²) in [5.74, 6) is 0.780. The highest BCUT2D eigenvalue weighted by Gasteiger charge is 2.10. The number of aromatic amines is 1. The van der Waals surface area contributed by atoms with Crippen LogP contribution in [0.4, 0.5) is 0 Å². The number of aromatic nitrogens is 3. The number of H-pyrrole nitrogens is 1. The van der Waals surface area contributed by atoms with Crippen LogP contribution in [-0.4, -0.2) is 15.0 Å². The zero-order valence-electron chi connectivity index (χ0n) is 10.8.